The van der Waals surface area contributed by atoms with E-state index in [0.29, 0.717) is 0 Å². The summed E-state index contributed by atoms with van der Waals surface area (Å²) in [6.07, 6.45) is 3.97. The molecule has 1 heterocycles. The number of rotatable bonds is 4. The minimum absolute atomic E-state index is 0.912. The zero-order valence-corrected chi connectivity index (χ0v) is 11.7. The normalized spacial score (nSPS) is 11.1. The summed E-state index contributed by atoms with van der Waals surface area (Å²) >= 11 is 3.57. The first-order valence-corrected chi connectivity index (χ1v) is 6.34. The van der Waals surface area contributed by atoms with Gasteiger partial charge in [-0.05, 0) is 18.7 Å². The molecule has 0 N–H and O–H groups in total. The van der Waals surface area contributed by atoms with Crippen LogP contribution in [0.5, 0.6) is 0 Å². The third kappa shape index (κ3) is 3.41. The summed E-state index contributed by atoms with van der Waals surface area (Å²) in [5.41, 5.74) is 2.54. The monoisotopic (exact) mass is 293 g/mol. The van der Waals surface area contributed by atoms with Crippen LogP contribution in [-0.4, -0.2) is 21.7 Å². The third-order valence-corrected chi connectivity index (χ3v) is 3.38. The van der Waals surface area contributed by atoms with Crippen molar-refractivity contribution < 1.29 is 0 Å². The molecule has 0 amide bonds. The number of hydrogen-bond donors (Lipinski definition) is 0. The largest absolute Gasteiger partial charge is 0.298 e. The van der Waals surface area contributed by atoms with Crippen LogP contribution in [0, 0.1) is 0 Å². The van der Waals surface area contributed by atoms with Crippen LogP contribution in [-0.2, 0) is 20.1 Å². The second kappa shape index (κ2) is 5.47. The Morgan fingerprint density at radius 2 is 2.06 bits per heavy atom. The van der Waals surface area contributed by atoms with Gasteiger partial charge in [0.2, 0.25) is 0 Å². The molecule has 0 aliphatic rings. The minimum Gasteiger partial charge on any atom is -0.298 e. The van der Waals surface area contributed by atoms with Gasteiger partial charge in [0.25, 0.3) is 0 Å². The van der Waals surface area contributed by atoms with Crippen molar-refractivity contribution in [3.8, 4) is 0 Å². The average molecular weight is 294 g/mol. The SMILES string of the molecule is CN(Cc1cnn(C)c1)Cc1ccccc1Br. The van der Waals surface area contributed by atoms with Gasteiger partial charge in [-0.3, -0.25) is 9.58 Å². The Bertz CT molecular complexity index is 493. The van der Waals surface area contributed by atoms with E-state index in [1.165, 1.54) is 11.1 Å². The Kier molecular flexibility index (Phi) is 3.97. The fourth-order valence-electron chi connectivity index (χ4n) is 1.84. The van der Waals surface area contributed by atoms with Crippen LogP contribution in [0.4, 0.5) is 0 Å². The second-order valence-corrected chi connectivity index (χ2v) is 5.14. The van der Waals surface area contributed by atoms with E-state index < -0.39 is 0 Å². The Balaban J connectivity index is 1.98. The molecule has 90 valence electrons. The van der Waals surface area contributed by atoms with Gasteiger partial charge in [0.1, 0.15) is 0 Å². The summed E-state index contributed by atoms with van der Waals surface area (Å²) in [7, 11) is 4.06. The molecule has 17 heavy (non-hydrogen) atoms. The molecule has 1 aromatic carbocycles. The smallest absolute Gasteiger partial charge is 0.0534 e. The Labute approximate surface area is 110 Å². The van der Waals surface area contributed by atoms with Crippen LogP contribution in [0.15, 0.2) is 41.1 Å². The van der Waals surface area contributed by atoms with Crippen molar-refractivity contribution in [3.05, 3.63) is 52.3 Å². The van der Waals surface area contributed by atoms with E-state index in [-0.39, 0.29) is 0 Å². The van der Waals surface area contributed by atoms with Crippen LogP contribution < -0.4 is 0 Å². The van der Waals surface area contributed by atoms with E-state index in [1.54, 1.807) is 0 Å². The molecule has 0 bridgehead atoms. The van der Waals surface area contributed by atoms with Crippen molar-refractivity contribution in [2.75, 3.05) is 7.05 Å². The minimum atomic E-state index is 0.912. The maximum absolute atomic E-state index is 4.18. The maximum Gasteiger partial charge on any atom is 0.0534 e. The summed E-state index contributed by atoms with van der Waals surface area (Å²) in [6.45, 7) is 1.84. The highest BCUT2D eigenvalue weighted by atomic mass is 79.9. The van der Waals surface area contributed by atoms with E-state index in [0.717, 1.165) is 17.6 Å². The molecular weight excluding hydrogens is 278 g/mol. The number of benzene rings is 1. The lowest BCUT2D eigenvalue weighted by atomic mass is 10.2. The predicted molar refractivity (Wildman–Crippen MR) is 72.5 cm³/mol. The first kappa shape index (κ1) is 12.3. The van der Waals surface area contributed by atoms with Crippen molar-refractivity contribution in [3.63, 3.8) is 0 Å². The number of halogens is 1. The van der Waals surface area contributed by atoms with E-state index in [9.17, 15) is 0 Å². The molecule has 0 saturated heterocycles. The van der Waals surface area contributed by atoms with Gasteiger partial charge in [-0.15, -0.1) is 0 Å². The fraction of sp³-hybridized carbons (Fsp3) is 0.308. The first-order chi connectivity index (χ1) is 8.15. The van der Waals surface area contributed by atoms with Crippen LogP contribution in [0.3, 0.4) is 0 Å². The molecule has 0 radical (unpaired) electrons. The summed E-state index contributed by atoms with van der Waals surface area (Å²) in [5.74, 6) is 0. The van der Waals surface area contributed by atoms with Crippen LogP contribution in [0.25, 0.3) is 0 Å². The molecule has 0 aliphatic carbocycles. The molecule has 4 heteroatoms. The molecule has 0 fully saturated rings. The first-order valence-electron chi connectivity index (χ1n) is 5.54. The maximum atomic E-state index is 4.18. The lowest BCUT2D eigenvalue weighted by Gasteiger charge is -2.16. The standard InChI is InChI=1S/C13H16BrN3/c1-16(8-11-7-15-17(2)9-11)10-12-5-3-4-6-13(12)14/h3-7,9H,8,10H2,1-2H3. The van der Waals surface area contributed by atoms with Crippen LogP contribution in [0.2, 0.25) is 0 Å². The number of hydrogen-bond acceptors (Lipinski definition) is 2. The molecule has 0 aliphatic heterocycles. The molecule has 0 unspecified atom stereocenters. The fourth-order valence-corrected chi connectivity index (χ4v) is 2.25. The molecular formula is C13H16BrN3. The van der Waals surface area contributed by atoms with Gasteiger partial charge >= 0.3 is 0 Å². The molecule has 0 saturated carbocycles. The summed E-state index contributed by atoms with van der Waals surface area (Å²) in [4.78, 5) is 2.27. The zero-order chi connectivity index (χ0) is 12.3. The highest BCUT2D eigenvalue weighted by Crippen LogP contribution is 2.17. The molecule has 2 aromatic rings. The Morgan fingerprint density at radius 3 is 2.71 bits per heavy atom. The van der Waals surface area contributed by atoms with Gasteiger partial charge in [-0.1, -0.05) is 34.1 Å². The van der Waals surface area contributed by atoms with Crippen molar-refractivity contribution in [1.29, 1.82) is 0 Å². The molecule has 3 nitrogen and oxygen atoms in total. The second-order valence-electron chi connectivity index (χ2n) is 4.29. The highest BCUT2D eigenvalue weighted by molar-refractivity contribution is 9.10. The Morgan fingerprint density at radius 1 is 1.29 bits per heavy atom. The predicted octanol–water partition coefficient (Wildman–Crippen LogP) is 2.81. The van der Waals surface area contributed by atoms with Crippen LogP contribution in [0.1, 0.15) is 11.1 Å². The van der Waals surface area contributed by atoms with Gasteiger partial charge in [-0.25, -0.2) is 0 Å². The van der Waals surface area contributed by atoms with Gasteiger partial charge in [-0.2, -0.15) is 5.10 Å². The lowest BCUT2D eigenvalue weighted by Crippen LogP contribution is -2.17. The van der Waals surface area contributed by atoms with Crippen molar-refractivity contribution in [1.82, 2.24) is 14.7 Å². The lowest BCUT2D eigenvalue weighted by molar-refractivity contribution is 0.318. The number of aryl methyl sites for hydroxylation is 1. The van der Waals surface area contributed by atoms with E-state index in [4.69, 9.17) is 0 Å². The quantitative estimate of drug-likeness (QED) is 0.864. The summed E-state index contributed by atoms with van der Waals surface area (Å²) in [6, 6.07) is 8.32. The average Bonchev–Trinajstić information content (AvgIpc) is 2.67. The van der Waals surface area contributed by atoms with Gasteiger partial charge in [0.15, 0.2) is 0 Å². The van der Waals surface area contributed by atoms with Crippen molar-refractivity contribution in [2.24, 2.45) is 7.05 Å². The third-order valence-electron chi connectivity index (χ3n) is 2.61. The molecule has 1 aromatic heterocycles. The molecule has 0 atom stereocenters. The number of aromatic nitrogens is 2. The van der Waals surface area contributed by atoms with Crippen molar-refractivity contribution in [2.45, 2.75) is 13.1 Å². The van der Waals surface area contributed by atoms with Gasteiger partial charge in [0.05, 0.1) is 6.20 Å². The summed E-state index contributed by atoms with van der Waals surface area (Å²) in [5, 5.41) is 4.18. The van der Waals surface area contributed by atoms with Crippen molar-refractivity contribution >= 4 is 15.9 Å². The molecule has 2 rings (SSSR count). The Hall–Kier alpha value is -1.13. The highest BCUT2D eigenvalue weighted by Gasteiger charge is 2.05. The van der Waals surface area contributed by atoms with Gasteiger partial charge < -0.3 is 0 Å². The summed E-state index contributed by atoms with van der Waals surface area (Å²) < 4.78 is 3.00. The van der Waals surface area contributed by atoms with E-state index in [2.05, 4.69) is 57.4 Å². The van der Waals surface area contributed by atoms with Crippen LogP contribution >= 0.6 is 15.9 Å². The zero-order valence-electron chi connectivity index (χ0n) is 10.1. The topological polar surface area (TPSA) is 21.1 Å². The van der Waals surface area contributed by atoms with E-state index >= 15 is 0 Å². The van der Waals surface area contributed by atoms with Gasteiger partial charge in [0, 0.05) is 36.4 Å². The molecule has 0 spiro atoms. The number of nitrogens with zero attached hydrogens (tertiary/aromatic N) is 3. The van der Waals surface area contributed by atoms with E-state index in [1.807, 2.05) is 24.0 Å².